The number of thiol groups is 1. The van der Waals surface area contributed by atoms with E-state index in [0.29, 0.717) is 12.1 Å². The van der Waals surface area contributed by atoms with Gasteiger partial charge in [-0.1, -0.05) is 0 Å². The second kappa shape index (κ2) is 11.1. The molecule has 0 saturated heterocycles. The Bertz CT molecular complexity index is 894. The SMILES string of the molecule is O=C(c1ccc(F)c(OOOS)c1)c1ccc(F)c(S(=O)(=O)[O-])c1.[Na+].[Na]. The van der Waals surface area contributed by atoms with Crippen LogP contribution in [-0.2, 0) is 19.5 Å². The van der Waals surface area contributed by atoms with Crippen molar-refractivity contribution in [1.29, 1.82) is 0 Å². The second-order valence-corrected chi connectivity index (χ2v) is 5.80. The fourth-order valence-electron chi connectivity index (χ4n) is 1.76. The Morgan fingerprint density at radius 2 is 1.58 bits per heavy atom. The zero-order chi connectivity index (χ0) is 17.9. The number of hydrogen-bond donors (Lipinski definition) is 1. The van der Waals surface area contributed by atoms with E-state index in [1.165, 1.54) is 0 Å². The number of halogens is 2. The minimum absolute atomic E-state index is 0. The first kappa shape index (κ1) is 26.0. The third-order valence-electron chi connectivity index (χ3n) is 2.81. The molecule has 0 bridgehead atoms. The van der Waals surface area contributed by atoms with Crippen LogP contribution in [0.25, 0.3) is 0 Å². The average Bonchev–Trinajstić information content (AvgIpc) is 2.53. The summed E-state index contributed by atoms with van der Waals surface area (Å²) in [4.78, 5) is 15.5. The Balaban J connectivity index is 0.00000312. The Labute approximate surface area is 196 Å². The molecule has 0 fully saturated rings. The number of carbonyl (C=O) groups excluding carboxylic acids is 1. The largest absolute Gasteiger partial charge is 1.00 e. The van der Waals surface area contributed by atoms with Crippen LogP contribution >= 0.6 is 12.9 Å². The standard InChI is InChI=1S/C13H8F2O7S2.2Na/c14-9-3-1-7(5-11(9)20-21-22-23)13(16)8-2-4-10(15)12(6-8)24(17,18)19;;/h1-6,23H,(H,17,18,19);;/q;;+1/p-1. The van der Waals surface area contributed by atoms with Gasteiger partial charge in [-0.05, 0) is 41.4 Å². The van der Waals surface area contributed by atoms with Gasteiger partial charge in [-0.3, -0.25) is 4.79 Å². The van der Waals surface area contributed by atoms with E-state index >= 15 is 0 Å². The molecule has 0 unspecified atom stereocenters. The number of ketones is 1. The Hall–Kier alpha value is -0.0500. The molecule has 0 aliphatic heterocycles. The van der Waals surface area contributed by atoms with Crippen LogP contribution in [0.1, 0.15) is 15.9 Å². The van der Waals surface area contributed by atoms with Crippen LogP contribution in [0.5, 0.6) is 5.75 Å². The molecule has 0 aliphatic rings. The van der Waals surface area contributed by atoms with Gasteiger partial charge >= 0.3 is 29.6 Å². The van der Waals surface area contributed by atoms with Crippen molar-refractivity contribution in [2.45, 2.75) is 4.90 Å². The van der Waals surface area contributed by atoms with Gasteiger partial charge in [-0.2, -0.15) is 0 Å². The zero-order valence-electron chi connectivity index (χ0n) is 13.4. The first-order chi connectivity index (χ1) is 11.2. The fourth-order valence-corrected chi connectivity index (χ4v) is 2.37. The molecule has 13 heteroatoms. The summed E-state index contributed by atoms with van der Waals surface area (Å²) in [5.41, 5.74) is -0.440. The smallest absolute Gasteiger partial charge is 0.744 e. The van der Waals surface area contributed by atoms with Gasteiger partial charge in [0, 0.05) is 53.6 Å². The number of hydrogen-bond acceptors (Lipinski definition) is 8. The van der Waals surface area contributed by atoms with Crippen LogP contribution in [0.15, 0.2) is 41.3 Å². The van der Waals surface area contributed by atoms with Crippen LogP contribution in [-0.4, -0.2) is 48.3 Å². The van der Waals surface area contributed by atoms with E-state index in [0.717, 1.165) is 24.3 Å². The molecule has 1 radical (unpaired) electrons. The van der Waals surface area contributed by atoms with Crippen molar-refractivity contribution < 1.29 is 70.4 Å². The van der Waals surface area contributed by atoms with E-state index in [1.54, 1.807) is 0 Å². The van der Waals surface area contributed by atoms with Crippen molar-refractivity contribution in [3.63, 3.8) is 0 Å². The van der Waals surface area contributed by atoms with Crippen LogP contribution in [0.4, 0.5) is 8.78 Å². The van der Waals surface area contributed by atoms with E-state index < -0.39 is 38.2 Å². The number of benzene rings is 2. The summed E-state index contributed by atoms with van der Waals surface area (Å²) in [6, 6.07) is 5.11. The molecular formula is C13H7F2Na2O7S2. The molecule has 2 aromatic carbocycles. The van der Waals surface area contributed by atoms with Crippen LogP contribution in [0.2, 0.25) is 0 Å². The van der Waals surface area contributed by atoms with Crippen molar-refractivity contribution >= 4 is 58.4 Å². The van der Waals surface area contributed by atoms with Gasteiger partial charge in [0.1, 0.15) is 15.9 Å². The molecule has 0 atom stereocenters. The van der Waals surface area contributed by atoms with Gasteiger partial charge in [-0.15, -0.1) is 4.33 Å². The van der Waals surface area contributed by atoms with E-state index in [4.69, 9.17) is 0 Å². The van der Waals surface area contributed by atoms with E-state index in [1.807, 2.05) is 0 Å². The molecule has 0 N–H and O–H groups in total. The quantitative estimate of drug-likeness (QED) is 0.119. The average molecular weight is 423 g/mol. The van der Waals surface area contributed by atoms with Gasteiger partial charge in [0.15, 0.2) is 11.6 Å². The summed E-state index contributed by atoms with van der Waals surface area (Å²) in [6.45, 7) is 0. The maximum absolute atomic E-state index is 13.5. The maximum atomic E-state index is 13.5. The summed E-state index contributed by atoms with van der Waals surface area (Å²) in [5.74, 6) is -3.51. The molecule has 129 valence electrons. The third kappa shape index (κ3) is 6.53. The summed E-state index contributed by atoms with van der Waals surface area (Å²) in [5, 5.41) is 3.96. The van der Waals surface area contributed by atoms with Crippen molar-refractivity contribution in [3.05, 3.63) is 59.2 Å². The zero-order valence-corrected chi connectivity index (χ0v) is 19.1. The van der Waals surface area contributed by atoms with Gasteiger partial charge in [0.05, 0.1) is 4.90 Å². The van der Waals surface area contributed by atoms with Gasteiger partial charge in [-0.25, -0.2) is 17.2 Å². The minimum atomic E-state index is -5.11. The summed E-state index contributed by atoms with van der Waals surface area (Å²) in [6.07, 6.45) is 0. The second-order valence-electron chi connectivity index (χ2n) is 4.30. The normalized spacial score (nSPS) is 10.5. The summed E-state index contributed by atoms with van der Waals surface area (Å²) >= 11 is 3.20. The first-order valence-corrected chi connectivity index (χ1v) is 7.76. The van der Waals surface area contributed by atoms with Crippen molar-refractivity contribution in [1.82, 2.24) is 0 Å². The van der Waals surface area contributed by atoms with E-state index in [-0.39, 0.29) is 70.2 Å². The monoisotopic (exact) mass is 423 g/mol. The molecule has 2 rings (SSSR count). The Kier molecular flexibility index (Phi) is 11.1. The third-order valence-corrected chi connectivity index (χ3v) is 3.72. The predicted octanol–water partition coefficient (Wildman–Crippen LogP) is -1.19. The minimum Gasteiger partial charge on any atom is -0.744 e. The van der Waals surface area contributed by atoms with Crippen molar-refractivity contribution in [3.8, 4) is 5.75 Å². The van der Waals surface area contributed by atoms with Crippen LogP contribution in [0.3, 0.4) is 0 Å². The van der Waals surface area contributed by atoms with E-state index in [2.05, 4.69) is 27.2 Å². The summed E-state index contributed by atoms with van der Waals surface area (Å²) in [7, 11) is -5.11. The van der Waals surface area contributed by atoms with Crippen LogP contribution < -0.4 is 34.4 Å². The van der Waals surface area contributed by atoms with E-state index in [9.17, 15) is 26.5 Å². The molecule has 0 amide bonds. The maximum Gasteiger partial charge on any atom is 1.00 e. The Morgan fingerprint density at radius 3 is 2.12 bits per heavy atom. The van der Waals surface area contributed by atoms with Gasteiger partial charge < -0.3 is 9.44 Å². The first-order valence-electron chi connectivity index (χ1n) is 5.98. The van der Waals surface area contributed by atoms with Gasteiger partial charge in [0.2, 0.25) is 5.75 Å². The van der Waals surface area contributed by atoms with Crippen molar-refractivity contribution in [2.75, 3.05) is 0 Å². The number of rotatable bonds is 6. The van der Waals surface area contributed by atoms with Crippen LogP contribution in [0, 0.1) is 11.6 Å². The molecule has 2 aromatic rings. The molecule has 0 spiro atoms. The molecule has 7 nitrogen and oxygen atoms in total. The topological polar surface area (TPSA) is 102 Å². The molecule has 0 aliphatic carbocycles. The predicted molar refractivity (Wildman–Crippen MR) is 81.7 cm³/mol. The fraction of sp³-hybridized carbons (Fsp3) is 0. The molecule has 26 heavy (non-hydrogen) atoms. The molecule has 0 aromatic heterocycles. The number of carbonyl (C=O) groups is 1. The van der Waals surface area contributed by atoms with Crippen molar-refractivity contribution in [2.24, 2.45) is 0 Å². The summed E-state index contributed by atoms with van der Waals surface area (Å²) < 4.78 is 63.6. The Morgan fingerprint density at radius 1 is 1.04 bits per heavy atom. The molecular weight excluding hydrogens is 416 g/mol. The molecule has 0 heterocycles. The van der Waals surface area contributed by atoms with Gasteiger partial charge in [0.25, 0.3) is 0 Å². The molecule has 0 saturated carbocycles.